The second kappa shape index (κ2) is 15.8. The summed E-state index contributed by atoms with van der Waals surface area (Å²) in [5, 5.41) is 0. The molecule has 0 spiro atoms. The molecular weight excluding hydrogens is 268 g/mol. The molecule has 0 fully saturated rings. The number of hydrogen-bond acceptors (Lipinski definition) is 2. The fourth-order valence-electron chi connectivity index (χ4n) is 2.71. The zero-order valence-corrected chi connectivity index (χ0v) is 16.4. The van der Waals surface area contributed by atoms with Crippen molar-refractivity contribution in [2.75, 3.05) is 39.3 Å². The Bertz CT molecular complexity index is 210. The third kappa shape index (κ3) is 12.5. The van der Waals surface area contributed by atoms with Gasteiger partial charge in [-0.1, -0.05) is 60.3 Å². The molecule has 1 atom stereocenters. The summed E-state index contributed by atoms with van der Waals surface area (Å²) in [6.45, 7) is 19.3. The van der Waals surface area contributed by atoms with Crippen LogP contribution in [0.2, 0.25) is 0 Å². The van der Waals surface area contributed by atoms with Crippen molar-refractivity contribution in [3.63, 3.8) is 0 Å². The first kappa shape index (κ1) is 21.9. The summed E-state index contributed by atoms with van der Waals surface area (Å²) in [6, 6.07) is 0. The molecule has 1 unspecified atom stereocenters. The summed E-state index contributed by atoms with van der Waals surface area (Å²) in [6.07, 6.45) is 10.7. The van der Waals surface area contributed by atoms with Gasteiger partial charge < -0.3 is 9.80 Å². The summed E-state index contributed by atoms with van der Waals surface area (Å²) in [5.74, 6) is 0.875. The molecule has 0 rings (SSSR count). The Morgan fingerprint density at radius 3 is 1.36 bits per heavy atom. The van der Waals surface area contributed by atoms with Crippen LogP contribution in [0.3, 0.4) is 0 Å². The number of hydrogen-bond donors (Lipinski definition) is 0. The lowest BCUT2D eigenvalue weighted by molar-refractivity contribution is 0.190. The SMILES string of the molecule is CCCCN(CCCC)CCN(CCCC)CCC(C)CC. The summed E-state index contributed by atoms with van der Waals surface area (Å²) in [4.78, 5) is 5.43. The highest BCUT2D eigenvalue weighted by atomic mass is 15.2. The van der Waals surface area contributed by atoms with Crippen molar-refractivity contribution in [2.24, 2.45) is 5.92 Å². The molecule has 0 aromatic rings. The van der Waals surface area contributed by atoms with E-state index in [1.807, 2.05) is 0 Å². The Morgan fingerprint density at radius 2 is 1.00 bits per heavy atom. The van der Waals surface area contributed by atoms with Crippen LogP contribution >= 0.6 is 0 Å². The molecule has 0 saturated carbocycles. The molecule has 134 valence electrons. The molecule has 0 aliphatic carbocycles. The van der Waals surface area contributed by atoms with E-state index in [-0.39, 0.29) is 0 Å². The molecule has 0 radical (unpaired) electrons. The van der Waals surface area contributed by atoms with Crippen molar-refractivity contribution in [3.8, 4) is 0 Å². The average molecular weight is 313 g/mol. The Hall–Kier alpha value is -0.0800. The fourth-order valence-corrected chi connectivity index (χ4v) is 2.71. The fraction of sp³-hybridized carbons (Fsp3) is 1.00. The Balaban J connectivity index is 4.21. The van der Waals surface area contributed by atoms with Gasteiger partial charge in [-0.05, 0) is 57.8 Å². The number of nitrogens with zero attached hydrogens (tertiary/aromatic N) is 2. The van der Waals surface area contributed by atoms with Gasteiger partial charge in [0.15, 0.2) is 0 Å². The minimum absolute atomic E-state index is 0.875. The van der Waals surface area contributed by atoms with Crippen molar-refractivity contribution in [3.05, 3.63) is 0 Å². The van der Waals surface area contributed by atoms with Crippen molar-refractivity contribution >= 4 is 0 Å². The monoisotopic (exact) mass is 312 g/mol. The van der Waals surface area contributed by atoms with E-state index in [0.29, 0.717) is 0 Å². The minimum atomic E-state index is 0.875. The molecule has 2 nitrogen and oxygen atoms in total. The predicted molar refractivity (Wildman–Crippen MR) is 102 cm³/mol. The van der Waals surface area contributed by atoms with E-state index in [1.54, 1.807) is 0 Å². The van der Waals surface area contributed by atoms with Crippen LogP contribution in [0.1, 0.15) is 86.0 Å². The molecule has 0 aromatic carbocycles. The summed E-state index contributed by atoms with van der Waals surface area (Å²) >= 11 is 0. The highest BCUT2D eigenvalue weighted by Crippen LogP contribution is 2.09. The van der Waals surface area contributed by atoms with Gasteiger partial charge in [0.25, 0.3) is 0 Å². The van der Waals surface area contributed by atoms with Crippen LogP contribution in [0.5, 0.6) is 0 Å². The lowest BCUT2D eigenvalue weighted by Crippen LogP contribution is -2.37. The molecule has 0 N–H and O–H groups in total. The second-order valence-electron chi connectivity index (χ2n) is 7.05. The Labute approximate surface area is 141 Å². The van der Waals surface area contributed by atoms with Crippen molar-refractivity contribution in [2.45, 2.75) is 86.0 Å². The van der Waals surface area contributed by atoms with E-state index in [2.05, 4.69) is 44.4 Å². The molecule has 0 aliphatic heterocycles. The number of rotatable bonds is 16. The van der Waals surface area contributed by atoms with Crippen molar-refractivity contribution < 1.29 is 0 Å². The first-order valence-corrected chi connectivity index (χ1v) is 10.1. The van der Waals surface area contributed by atoms with E-state index in [0.717, 1.165) is 5.92 Å². The zero-order valence-electron chi connectivity index (χ0n) is 16.4. The van der Waals surface area contributed by atoms with Gasteiger partial charge in [-0.3, -0.25) is 0 Å². The standard InChI is InChI=1S/C20H44N2/c1-6-10-14-21(15-11-7-2)18-19-22(16-12-8-3)17-13-20(5)9-4/h20H,6-19H2,1-5H3. The van der Waals surface area contributed by atoms with Gasteiger partial charge >= 0.3 is 0 Å². The van der Waals surface area contributed by atoms with Crippen LogP contribution < -0.4 is 0 Å². The van der Waals surface area contributed by atoms with Gasteiger partial charge in [0.2, 0.25) is 0 Å². The van der Waals surface area contributed by atoms with E-state index in [4.69, 9.17) is 0 Å². The lowest BCUT2D eigenvalue weighted by Gasteiger charge is -2.28. The second-order valence-corrected chi connectivity index (χ2v) is 7.05. The Morgan fingerprint density at radius 1 is 0.591 bits per heavy atom. The van der Waals surface area contributed by atoms with E-state index in [1.165, 1.54) is 90.6 Å². The molecule has 22 heavy (non-hydrogen) atoms. The van der Waals surface area contributed by atoms with Crippen LogP contribution in [0.4, 0.5) is 0 Å². The summed E-state index contributed by atoms with van der Waals surface area (Å²) < 4.78 is 0. The van der Waals surface area contributed by atoms with E-state index in [9.17, 15) is 0 Å². The maximum Gasteiger partial charge on any atom is 0.0109 e. The van der Waals surface area contributed by atoms with Crippen LogP contribution in [0, 0.1) is 5.92 Å². The molecule has 0 aromatic heterocycles. The maximum atomic E-state index is 2.72. The van der Waals surface area contributed by atoms with E-state index < -0.39 is 0 Å². The third-order valence-corrected chi connectivity index (χ3v) is 4.85. The van der Waals surface area contributed by atoms with Gasteiger partial charge in [-0.2, -0.15) is 0 Å². The number of unbranched alkanes of at least 4 members (excludes halogenated alkanes) is 3. The highest BCUT2D eigenvalue weighted by molar-refractivity contribution is 4.65. The minimum Gasteiger partial charge on any atom is -0.302 e. The van der Waals surface area contributed by atoms with Crippen LogP contribution in [-0.4, -0.2) is 49.1 Å². The van der Waals surface area contributed by atoms with Gasteiger partial charge in [0, 0.05) is 13.1 Å². The van der Waals surface area contributed by atoms with E-state index >= 15 is 0 Å². The topological polar surface area (TPSA) is 6.48 Å². The van der Waals surface area contributed by atoms with Crippen molar-refractivity contribution in [1.82, 2.24) is 9.80 Å². The largest absolute Gasteiger partial charge is 0.302 e. The maximum absolute atomic E-state index is 2.72. The molecule has 0 amide bonds. The van der Waals surface area contributed by atoms with Crippen molar-refractivity contribution in [1.29, 1.82) is 0 Å². The molecule has 0 bridgehead atoms. The van der Waals surface area contributed by atoms with Gasteiger partial charge in [0.05, 0.1) is 0 Å². The quantitative estimate of drug-likeness (QED) is 0.375. The predicted octanol–water partition coefficient (Wildman–Crippen LogP) is 5.43. The normalized spacial score (nSPS) is 13.2. The first-order chi connectivity index (χ1) is 10.7. The first-order valence-electron chi connectivity index (χ1n) is 10.1. The van der Waals surface area contributed by atoms with Gasteiger partial charge in [-0.25, -0.2) is 0 Å². The molecule has 0 heterocycles. The summed E-state index contributed by atoms with van der Waals surface area (Å²) in [7, 11) is 0. The smallest absolute Gasteiger partial charge is 0.0109 e. The average Bonchev–Trinajstić information content (AvgIpc) is 2.55. The third-order valence-electron chi connectivity index (χ3n) is 4.85. The van der Waals surface area contributed by atoms with Crippen LogP contribution in [0.25, 0.3) is 0 Å². The lowest BCUT2D eigenvalue weighted by atomic mass is 10.1. The van der Waals surface area contributed by atoms with Crippen LogP contribution in [-0.2, 0) is 0 Å². The molecular formula is C20H44N2. The van der Waals surface area contributed by atoms with Crippen LogP contribution in [0.15, 0.2) is 0 Å². The molecule has 0 aliphatic rings. The molecule has 0 saturated heterocycles. The zero-order chi connectivity index (χ0) is 16.6. The molecule has 2 heteroatoms. The summed E-state index contributed by atoms with van der Waals surface area (Å²) in [5.41, 5.74) is 0. The van der Waals surface area contributed by atoms with Gasteiger partial charge in [-0.15, -0.1) is 0 Å². The Kier molecular flexibility index (Phi) is 15.7. The highest BCUT2D eigenvalue weighted by Gasteiger charge is 2.10. The van der Waals surface area contributed by atoms with Gasteiger partial charge in [0.1, 0.15) is 0 Å².